The third-order valence-electron chi connectivity index (χ3n) is 3.89. The molecule has 116 valence electrons. The molecule has 0 aliphatic heterocycles. The molecule has 1 aromatic carbocycles. The molecular formula is C16H24N2O3. The van der Waals surface area contributed by atoms with Crippen molar-refractivity contribution in [3.8, 4) is 0 Å². The molecule has 0 aromatic heterocycles. The summed E-state index contributed by atoms with van der Waals surface area (Å²) in [5.74, 6) is 0.859. The molecule has 0 atom stereocenters. The lowest BCUT2D eigenvalue weighted by Gasteiger charge is -2.25. The van der Waals surface area contributed by atoms with Gasteiger partial charge in [0.2, 0.25) is 0 Å². The Hall–Kier alpha value is -1.91. The predicted molar refractivity (Wildman–Crippen MR) is 83.3 cm³/mol. The maximum Gasteiger partial charge on any atom is 0.282 e. The number of nitrogens with one attached hydrogen (secondary N) is 1. The van der Waals surface area contributed by atoms with Crippen LogP contribution < -0.4 is 5.32 Å². The lowest BCUT2D eigenvalue weighted by molar-refractivity contribution is -0.385. The van der Waals surface area contributed by atoms with Crippen molar-refractivity contribution in [3.05, 3.63) is 39.4 Å². The number of rotatable bonds is 6. The van der Waals surface area contributed by atoms with Crippen molar-refractivity contribution >= 4 is 11.6 Å². The molecule has 0 radical (unpaired) electrons. The number of benzene rings is 1. The minimum absolute atomic E-state index is 0.141. The third-order valence-corrected chi connectivity index (χ3v) is 3.89. The quantitative estimate of drug-likeness (QED) is 0.643. The summed E-state index contributed by atoms with van der Waals surface area (Å²) in [5, 5.41) is 13.9. The van der Waals surface area contributed by atoms with E-state index < -0.39 is 4.92 Å². The van der Waals surface area contributed by atoms with E-state index in [-0.39, 0.29) is 17.2 Å². The molecule has 0 saturated carbocycles. The maximum absolute atomic E-state index is 12.3. The number of carbonyl (C=O) groups is 1. The van der Waals surface area contributed by atoms with Crippen LogP contribution in [0, 0.1) is 34.8 Å². The van der Waals surface area contributed by atoms with Crippen molar-refractivity contribution < 1.29 is 9.72 Å². The fraction of sp³-hybridized carbons (Fsp3) is 0.562. The zero-order valence-electron chi connectivity index (χ0n) is 13.3. The number of nitro benzene ring substituents is 1. The number of aryl methyl sites for hydroxylation is 1. The fourth-order valence-electron chi connectivity index (χ4n) is 2.64. The van der Waals surface area contributed by atoms with Gasteiger partial charge in [0.25, 0.3) is 11.6 Å². The Labute approximate surface area is 125 Å². The zero-order chi connectivity index (χ0) is 16.2. The van der Waals surface area contributed by atoms with Gasteiger partial charge in [-0.05, 0) is 30.2 Å². The number of amides is 1. The average molecular weight is 292 g/mol. The summed E-state index contributed by atoms with van der Waals surface area (Å²) in [6.45, 7) is 10.7. The van der Waals surface area contributed by atoms with Gasteiger partial charge >= 0.3 is 0 Å². The van der Waals surface area contributed by atoms with Gasteiger partial charge in [-0.15, -0.1) is 0 Å². The highest BCUT2D eigenvalue weighted by molar-refractivity contribution is 5.99. The second-order valence-corrected chi connectivity index (χ2v) is 6.09. The second kappa shape index (κ2) is 7.20. The summed E-state index contributed by atoms with van der Waals surface area (Å²) < 4.78 is 0. The Kier molecular flexibility index (Phi) is 5.88. The highest BCUT2D eigenvalue weighted by Crippen LogP contribution is 2.23. The molecule has 21 heavy (non-hydrogen) atoms. The first-order valence-corrected chi connectivity index (χ1v) is 7.27. The van der Waals surface area contributed by atoms with Crippen molar-refractivity contribution in [2.45, 2.75) is 34.6 Å². The van der Waals surface area contributed by atoms with Crippen LogP contribution in [0.1, 0.15) is 43.6 Å². The van der Waals surface area contributed by atoms with Crippen LogP contribution in [-0.4, -0.2) is 17.4 Å². The normalized spacial score (nSPS) is 11.2. The van der Waals surface area contributed by atoms with E-state index in [0.29, 0.717) is 29.9 Å². The standard InChI is InChI=1S/C16H24N2O3/c1-10(2)13(11(3)4)9-17-16(19)15-12(5)7-6-8-14(15)18(20)21/h6-8,10-11,13H,9H2,1-5H3,(H,17,19). The Balaban J connectivity index is 2.93. The highest BCUT2D eigenvalue weighted by Gasteiger charge is 2.24. The molecule has 0 aliphatic carbocycles. The number of hydrogen-bond donors (Lipinski definition) is 1. The van der Waals surface area contributed by atoms with Gasteiger partial charge in [0.1, 0.15) is 5.56 Å². The van der Waals surface area contributed by atoms with Crippen LogP contribution in [0.2, 0.25) is 0 Å². The average Bonchev–Trinajstić information content (AvgIpc) is 2.37. The molecule has 0 fully saturated rings. The topological polar surface area (TPSA) is 72.2 Å². The Bertz CT molecular complexity index is 516. The smallest absolute Gasteiger partial charge is 0.282 e. The first-order chi connectivity index (χ1) is 9.75. The molecule has 0 bridgehead atoms. The molecule has 1 aromatic rings. The second-order valence-electron chi connectivity index (χ2n) is 6.09. The molecule has 5 heteroatoms. The first kappa shape index (κ1) is 17.1. The third kappa shape index (κ3) is 4.28. The number of hydrogen-bond acceptors (Lipinski definition) is 3. The minimum Gasteiger partial charge on any atom is -0.352 e. The summed E-state index contributed by atoms with van der Waals surface area (Å²) >= 11 is 0. The van der Waals surface area contributed by atoms with E-state index in [1.807, 2.05) is 0 Å². The molecule has 1 amide bonds. The highest BCUT2D eigenvalue weighted by atomic mass is 16.6. The Morgan fingerprint density at radius 1 is 1.24 bits per heavy atom. The van der Waals surface area contributed by atoms with Gasteiger partial charge in [-0.2, -0.15) is 0 Å². The molecule has 0 heterocycles. The van der Waals surface area contributed by atoms with E-state index in [0.717, 1.165) is 0 Å². The zero-order valence-corrected chi connectivity index (χ0v) is 13.3. The fourth-order valence-corrected chi connectivity index (χ4v) is 2.64. The van der Waals surface area contributed by atoms with E-state index in [9.17, 15) is 14.9 Å². The maximum atomic E-state index is 12.3. The van der Waals surface area contributed by atoms with Gasteiger partial charge in [0.05, 0.1) is 4.92 Å². The molecule has 1 rings (SSSR count). The minimum atomic E-state index is -0.510. The van der Waals surface area contributed by atoms with E-state index in [1.165, 1.54) is 6.07 Å². The van der Waals surface area contributed by atoms with Gasteiger partial charge in [0.15, 0.2) is 0 Å². The van der Waals surface area contributed by atoms with E-state index in [2.05, 4.69) is 33.0 Å². The van der Waals surface area contributed by atoms with Crippen LogP contribution in [0.4, 0.5) is 5.69 Å². The number of carbonyl (C=O) groups excluding carboxylic acids is 1. The van der Waals surface area contributed by atoms with Crippen LogP contribution >= 0.6 is 0 Å². The van der Waals surface area contributed by atoms with E-state index in [1.54, 1.807) is 19.1 Å². The molecule has 5 nitrogen and oxygen atoms in total. The first-order valence-electron chi connectivity index (χ1n) is 7.27. The van der Waals surface area contributed by atoms with Crippen molar-refractivity contribution in [1.82, 2.24) is 5.32 Å². The summed E-state index contributed by atoms with van der Waals surface area (Å²) in [7, 11) is 0. The molecule has 0 aliphatic rings. The van der Waals surface area contributed by atoms with Gasteiger partial charge < -0.3 is 5.32 Å². The van der Waals surface area contributed by atoms with Crippen molar-refractivity contribution in [1.29, 1.82) is 0 Å². The summed E-state index contributed by atoms with van der Waals surface area (Å²) in [6, 6.07) is 4.67. The molecule has 1 N–H and O–H groups in total. The van der Waals surface area contributed by atoms with Crippen molar-refractivity contribution in [2.24, 2.45) is 17.8 Å². The van der Waals surface area contributed by atoms with Crippen molar-refractivity contribution in [2.75, 3.05) is 6.54 Å². The predicted octanol–water partition coefficient (Wildman–Crippen LogP) is 3.56. The van der Waals surface area contributed by atoms with Gasteiger partial charge in [-0.3, -0.25) is 14.9 Å². The SMILES string of the molecule is Cc1cccc([N+](=O)[O-])c1C(=O)NCC(C(C)C)C(C)C. The molecule has 0 saturated heterocycles. The van der Waals surface area contributed by atoms with Gasteiger partial charge in [-0.25, -0.2) is 0 Å². The molecule has 0 unspecified atom stereocenters. The Morgan fingerprint density at radius 3 is 2.29 bits per heavy atom. The number of nitro groups is 1. The van der Waals surface area contributed by atoms with Crippen LogP contribution in [-0.2, 0) is 0 Å². The van der Waals surface area contributed by atoms with Crippen LogP contribution in [0.25, 0.3) is 0 Å². The summed E-state index contributed by atoms with van der Waals surface area (Å²) in [5.41, 5.74) is 0.638. The van der Waals surface area contributed by atoms with E-state index in [4.69, 9.17) is 0 Å². The van der Waals surface area contributed by atoms with Crippen LogP contribution in [0.5, 0.6) is 0 Å². The number of nitrogens with zero attached hydrogens (tertiary/aromatic N) is 1. The summed E-state index contributed by atoms with van der Waals surface area (Å²) in [6.07, 6.45) is 0. The lowest BCUT2D eigenvalue weighted by atomic mass is 9.85. The Morgan fingerprint density at radius 2 is 1.81 bits per heavy atom. The van der Waals surface area contributed by atoms with E-state index >= 15 is 0 Å². The largest absolute Gasteiger partial charge is 0.352 e. The van der Waals surface area contributed by atoms with Crippen LogP contribution in [0.15, 0.2) is 18.2 Å². The van der Waals surface area contributed by atoms with Gasteiger partial charge in [0, 0.05) is 12.6 Å². The van der Waals surface area contributed by atoms with Crippen molar-refractivity contribution in [3.63, 3.8) is 0 Å². The van der Waals surface area contributed by atoms with Gasteiger partial charge in [-0.1, -0.05) is 39.8 Å². The van der Waals surface area contributed by atoms with Crippen LogP contribution in [0.3, 0.4) is 0 Å². The lowest BCUT2D eigenvalue weighted by Crippen LogP contribution is -2.34. The molecule has 0 spiro atoms. The monoisotopic (exact) mass is 292 g/mol. The molecular weight excluding hydrogens is 268 g/mol. The summed E-state index contributed by atoms with van der Waals surface area (Å²) in [4.78, 5) is 22.9.